The van der Waals surface area contributed by atoms with Crippen molar-refractivity contribution in [1.82, 2.24) is 15.1 Å². The van der Waals surface area contributed by atoms with Crippen LogP contribution in [-0.2, 0) is 33.6 Å². The van der Waals surface area contributed by atoms with Gasteiger partial charge in [-0.2, -0.15) is 0 Å². The number of anilines is 2. The maximum absolute atomic E-state index is 13.1. The summed E-state index contributed by atoms with van der Waals surface area (Å²) < 4.78 is 0. The van der Waals surface area contributed by atoms with Crippen LogP contribution in [0.3, 0.4) is 0 Å². The van der Waals surface area contributed by atoms with E-state index < -0.39 is 35.8 Å². The Morgan fingerprint density at radius 1 is 0.604 bits per heavy atom. The van der Waals surface area contributed by atoms with E-state index in [-0.39, 0.29) is 5.91 Å². The van der Waals surface area contributed by atoms with Gasteiger partial charge >= 0.3 is 35.8 Å². The van der Waals surface area contributed by atoms with Crippen molar-refractivity contribution in [2.45, 2.75) is 22.6 Å². The molecule has 2 aliphatic heterocycles. The van der Waals surface area contributed by atoms with Gasteiger partial charge in [0, 0.05) is 85.4 Å². The molecule has 1 fully saturated rings. The van der Waals surface area contributed by atoms with E-state index in [1.54, 1.807) is 11.8 Å². The van der Waals surface area contributed by atoms with E-state index in [9.17, 15) is 33.6 Å². The van der Waals surface area contributed by atoms with Crippen LogP contribution in [0.4, 0.5) is 11.4 Å². The molecule has 0 aliphatic carbocycles. The van der Waals surface area contributed by atoms with E-state index in [4.69, 9.17) is 30.6 Å². The van der Waals surface area contributed by atoms with Crippen LogP contribution in [0.2, 0.25) is 0 Å². The van der Waals surface area contributed by atoms with Gasteiger partial charge in [0.1, 0.15) is 0 Å². The Hall–Kier alpha value is -5.82. The second-order valence-corrected chi connectivity index (χ2v) is 11.9. The summed E-state index contributed by atoms with van der Waals surface area (Å²) >= 11 is 1.74. The zero-order valence-electron chi connectivity index (χ0n) is 28.7. The van der Waals surface area contributed by atoms with Crippen LogP contribution in [0.25, 0.3) is 0 Å². The van der Waals surface area contributed by atoms with Gasteiger partial charge in [0.25, 0.3) is 0 Å². The molecule has 0 bridgehead atoms. The average Bonchev–Trinajstić information content (AvgIpc) is 3.11. The van der Waals surface area contributed by atoms with Crippen molar-refractivity contribution in [1.29, 1.82) is 0 Å². The normalized spacial score (nSPS) is 13.6. The quantitative estimate of drug-likeness (QED) is 0.114. The molecule has 53 heavy (non-hydrogen) atoms. The molecule has 0 unspecified atom stereocenters. The molecule has 2 heterocycles. The second kappa shape index (κ2) is 25.2. The molecule has 0 saturated carbocycles. The number of nitrogens with one attached hydrogen (secondary N) is 1. The van der Waals surface area contributed by atoms with Gasteiger partial charge in [0.2, 0.25) is 5.91 Å². The van der Waals surface area contributed by atoms with Crippen LogP contribution < -0.4 is 10.2 Å². The molecule has 4 rings (SSSR count). The van der Waals surface area contributed by atoms with Crippen LogP contribution >= 0.6 is 11.8 Å². The Labute approximate surface area is 309 Å². The van der Waals surface area contributed by atoms with E-state index in [0.29, 0.717) is 42.9 Å². The molecule has 0 aromatic heterocycles. The van der Waals surface area contributed by atoms with Crippen molar-refractivity contribution in [3.8, 4) is 0 Å². The van der Waals surface area contributed by atoms with Gasteiger partial charge in [-0.1, -0.05) is 36.0 Å². The molecule has 1 amide bonds. The zero-order chi connectivity index (χ0) is 39.8. The van der Waals surface area contributed by atoms with Crippen molar-refractivity contribution in [2.24, 2.45) is 0 Å². The topological polar surface area (TPSA) is 263 Å². The molecule has 7 N–H and O–H groups in total. The molecular formula is C35H42N4O13S. The van der Waals surface area contributed by atoms with Crippen molar-refractivity contribution < 1.29 is 64.2 Å². The van der Waals surface area contributed by atoms with E-state index in [1.807, 2.05) is 41.3 Å². The van der Waals surface area contributed by atoms with Crippen molar-refractivity contribution >= 4 is 64.9 Å². The summed E-state index contributed by atoms with van der Waals surface area (Å²) in [5.41, 5.74) is 1.99. The van der Waals surface area contributed by atoms with Gasteiger partial charge in [-0.05, 0) is 50.8 Å². The third-order valence-electron chi connectivity index (χ3n) is 6.73. The SMILES string of the molecule is CN1CCN(CCCNCCC(=O)N2c3ccccc3Sc3ccccc32)CC1.O=C(O)C=CC(=O)O.O=C(O)C=CC(=O)O.O=C(O)C=CC(=O)O. The Bertz CT molecular complexity index is 1480. The third-order valence-corrected chi connectivity index (χ3v) is 7.86. The van der Waals surface area contributed by atoms with Crippen LogP contribution in [0, 0.1) is 0 Å². The Balaban J connectivity index is 0.000000477. The summed E-state index contributed by atoms with van der Waals surface area (Å²) in [5.74, 6) is -7.39. The smallest absolute Gasteiger partial charge is 0.328 e. The molecule has 286 valence electrons. The molecule has 18 heteroatoms. The molecular weight excluding hydrogens is 716 g/mol. The number of nitrogens with zero attached hydrogens (tertiary/aromatic N) is 3. The molecule has 0 spiro atoms. The van der Waals surface area contributed by atoms with E-state index in [1.165, 1.54) is 26.2 Å². The minimum absolute atomic E-state index is 0.150. The predicted molar refractivity (Wildman–Crippen MR) is 193 cm³/mol. The Kier molecular flexibility index (Phi) is 21.5. The summed E-state index contributed by atoms with van der Waals surface area (Å²) in [5, 5.41) is 50.3. The Morgan fingerprint density at radius 3 is 1.36 bits per heavy atom. The number of carboxylic acid groups (broad SMARTS) is 6. The predicted octanol–water partition coefficient (Wildman–Crippen LogP) is 2.57. The Morgan fingerprint density at radius 2 is 0.981 bits per heavy atom. The van der Waals surface area contributed by atoms with E-state index in [0.717, 1.165) is 47.2 Å². The lowest BCUT2D eigenvalue weighted by molar-refractivity contribution is -0.134. The number of carbonyl (C=O) groups is 7. The maximum atomic E-state index is 13.1. The number of hydrogen-bond donors (Lipinski definition) is 7. The highest BCUT2D eigenvalue weighted by Gasteiger charge is 2.27. The number of para-hydroxylation sites is 2. The van der Waals surface area contributed by atoms with Gasteiger partial charge < -0.3 is 45.8 Å². The second-order valence-electron chi connectivity index (χ2n) is 10.8. The summed E-state index contributed by atoms with van der Waals surface area (Å²) in [4.78, 5) is 79.5. The highest BCUT2D eigenvalue weighted by atomic mass is 32.2. The van der Waals surface area contributed by atoms with E-state index >= 15 is 0 Å². The molecule has 0 radical (unpaired) electrons. The van der Waals surface area contributed by atoms with Crippen molar-refractivity contribution in [3.05, 3.63) is 85.0 Å². The molecule has 2 aliphatic rings. The molecule has 2 aromatic carbocycles. The number of carboxylic acids is 6. The maximum Gasteiger partial charge on any atom is 0.328 e. The fourth-order valence-electron chi connectivity index (χ4n) is 4.33. The zero-order valence-corrected chi connectivity index (χ0v) is 29.6. The van der Waals surface area contributed by atoms with Gasteiger partial charge in [-0.15, -0.1) is 0 Å². The highest BCUT2D eigenvalue weighted by molar-refractivity contribution is 7.99. The number of likely N-dealkylation sites (N-methyl/N-ethyl adjacent to an activating group) is 1. The third kappa shape index (κ3) is 20.6. The molecule has 2 aromatic rings. The first kappa shape index (κ1) is 45.2. The first-order chi connectivity index (χ1) is 25.1. The lowest BCUT2D eigenvalue weighted by atomic mass is 10.2. The van der Waals surface area contributed by atoms with Gasteiger partial charge in [0.05, 0.1) is 11.4 Å². The number of hydrogen-bond acceptors (Lipinski definition) is 11. The summed E-state index contributed by atoms with van der Waals surface area (Å²) in [6.07, 6.45) is 4.98. The van der Waals surface area contributed by atoms with Gasteiger partial charge in [-0.3, -0.25) is 9.69 Å². The van der Waals surface area contributed by atoms with Crippen LogP contribution in [0.1, 0.15) is 12.8 Å². The first-order valence-electron chi connectivity index (χ1n) is 15.8. The standard InChI is InChI=1S/C23H30N4OS.3C4H4O4/c1-25-15-17-26(18-16-25)14-6-12-24-13-11-23(28)27-19-7-2-4-9-21(19)29-22-10-5-3-8-20(22)27;3*5-3(6)1-2-4(7)8/h2-5,7-10,24H,6,11-18H2,1H3;3*1-2H,(H,5,6)(H,7,8). The number of benzene rings is 2. The number of rotatable bonds is 13. The van der Waals surface area contributed by atoms with Crippen LogP contribution in [-0.4, -0.2) is 135 Å². The van der Waals surface area contributed by atoms with E-state index in [2.05, 4.69) is 34.3 Å². The largest absolute Gasteiger partial charge is 0.478 e. The molecule has 0 atom stereocenters. The number of fused-ring (bicyclic) bond motifs is 2. The van der Waals surface area contributed by atoms with Crippen LogP contribution in [0.5, 0.6) is 0 Å². The van der Waals surface area contributed by atoms with Crippen LogP contribution in [0.15, 0.2) is 94.8 Å². The summed E-state index contributed by atoms with van der Waals surface area (Å²) in [6, 6.07) is 16.3. The first-order valence-corrected chi connectivity index (χ1v) is 16.6. The summed E-state index contributed by atoms with van der Waals surface area (Å²) in [7, 11) is 2.19. The lowest BCUT2D eigenvalue weighted by Crippen LogP contribution is -2.45. The summed E-state index contributed by atoms with van der Waals surface area (Å²) in [6.45, 7) is 7.48. The molecule has 17 nitrogen and oxygen atoms in total. The number of carbonyl (C=O) groups excluding carboxylic acids is 1. The highest BCUT2D eigenvalue weighted by Crippen LogP contribution is 2.48. The van der Waals surface area contributed by atoms with Crippen molar-refractivity contribution in [3.63, 3.8) is 0 Å². The number of aliphatic carboxylic acids is 6. The fraction of sp³-hybridized carbons (Fsp3) is 0.286. The molecule has 1 saturated heterocycles. The minimum atomic E-state index is -1.26. The average molecular weight is 759 g/mol. The number of piperazine rings is 1. The van der Waals surface area contributed by atoms with Gasteiger partial charge in [-0.25, -0.2) is 28.8 Å². The minimum Gasteiger partial charge on any atom is -0.478 e. The lowest BCUT2D eigenvalue weighted by Gasteiger charge is -2.32. The monoisotopic (exact) mass is 758 g/mol. The van der Waals surface area contributed by atoms with Crippen molar-refractivity contribution in [2.75, 3.05) is 57.8 Å². The van der Waals surface area contributed by atoms with Gasteiger partial charge in [0.15, 0.2) is 0 Å². The fourth-order valence-corrected chi connectivity index (χ4v) is 5.39. The number of amides is 1.